The van der Waals surface area contributed by atoms with Crippen LogP contribution in [0, 0.1) is 5.92 Å². The van der Waals surface area contributed by atoms with Gasteiger partial charge in [0.2, 0.25) is 6.41 Å². The van der Waals surface area contributed by atoms with E-state index in [1.54, 1.807) is 0 Å². The lowest BCUT2D eigenvalue weighted by atomic mass is 9.80. The van der Waals surface area contributed by atoms with Gasteiger partial charge in [0.1, 0.15) is 6.04 Å². The predicted octanol–water partition coefficient (Wildman–Crippen LogP) is 0.925. The SMILES string of the molecule is O=CNC(C(=O)O)C1CCOC2(CCCC2)C1. The predicted molar refractivity (Wildman–Crippen MR) is 60.5 cm³/mol. The van der Waals surface area contributed by atoms with Crippen molar-refractivity contribution in [3.8, 4) is 0 Å². The minimum atomic E-state index is -0.947. The second-order valence-electron chi connectivity index (χ2n) is 5.09. The molecule has 96 valence electrons. The minimum absolute atomic E-state index is 0.00968. The maximum absolute atomic E-state index is 11.1. The summed E-state index contributed by atoms with van der Waals surface area (Å²) in [5, 5.41) is 11.5. The van der Waals surface area contributed by atoms with E-state index in [1.807, 2.05) is 0 Å². The molecule has 2 rings (SSSR count). The summed E-state index contributed by atoms with van der Waals surface area (Å²) in [5.41, 5.74) is -0.110. The van der Waals surface area contributed by atoms with E-state index in [1.165, 1.54) is 0 Å². The number of amides is 1. The highest BCUT2D eigenvalue weighted by Gasteiger charge is 2.43. The Bertz CT molecular complexity index is 299. The van der Waals surface area contributed by atoms with Crippen LogP contribution in [0.25, 0.3) is 0 Å². The Morgan fingerprint density at radius 3 is 2.76 bits per heavy atom. The third-order valence-corrected chi connectivity index (χ3v) is 4.03. The number of ether oxygens (including phenoxy) is 1. The van der Waals surface area contributed by atoms with Gasteiger partial charge in [-0.1, -0.05) is 12.8 Å². The molecule has 2 unspecified atom stereocenters. The molecule has 5 heteroatoms. The number of carbonyl (C=O) groups is 2. The molecule has 17 heavy (non-hydrogen) atoms. The first kappa shape index (κ1) is 12.4. The Kier molecular flexibility index (Phi) is 3.66. The van der Waals surface area contributed by atoms with Gasteiger partial charge in [0.05, 0.1) is 5.60 Å². The lowest BCUT2D eigenvalue weighted by Crippen LogP contribution is -2.49. The molecule has 1 aliphatic carbocycles. The van der Waals surface area contributed by atoms with Gasteiger partial charge < -0.3 is 15.2 Å². The Balaban J connectivity index is 2.04. The lowest BCUT2D eigenvalue weighted by Gasteiger charge is -2.40. The second kappa shape index (κ2) is 5.04. The van der Waals surface area contributed by atoms with Crippen LogP contribution in [0.15, 0.2) is 0 Å². The van der Waals surface area contributed by atoms with Gasteiger partial charge in [0.25, 0.3) is 0 Å². The maximum atomic E-state index is 11.1. The monoisotopic (exact) mass is 241 g/mol. The number of rotatable bonds is 4. The molecule has 2 N–H and O–H groups in total. The smallest absolute Gasteiger partial charge is 0.326 e. The lowest BCUT2D eigenvalue weighted by molar-refractivity contribution is -0.147. The van der Waals surface area contributed by atoms with Crippen LogP contribution < -0.4 is 5.32 Å². The van der Waals surface area contributed by atoms with Crippen LogP contribution in [-0.4, -0.2) is 35.7 Å². The zero-order valence-electron chi connectivity index (χ0n) is 9.85. The third kappa shape index (κ3) is 2.60. The van der Waals surface area contributed by atoms with Gasteiger partial charge in [-0.3, -0.25) is 4.79 Å². The average molecular weight is 241 g/mol. The molecule has 1 aliphatic heterocycles. The second-order valence-corrected chi connectivity index (χ2v) is 5.09. The van der Waals surface area contributed by atoms with Crippen LogP contribution in [-0.2, 0) is 14.3 Å². The zero-order valence-corrected chi connectivity index (χ0v) is 9.85. The molecule has 5 nitrogen and oxygen atoms in total. The van der Waals surface area contributed by atoms with Crippen LogP contribution in [0.2, 0.25) is 0 Å². The van der Waals surface area contributed by atoms with E-state index in [4.69, 9.17) is 9.84 Å². The van der Waals surface area contributed by atoms with Crippen molar-refractivity contribution in [2.45, 2.75) is 50.2 Å². The molecule has 0 aromatic rings. The first-order chi connectivity index (χ1) is 8.17. The number of nitrogens with one attached hydrogen (secondary N) is 1. The third-order valence-electron chi connectivity index (χ3n) is 4.03. The fourth-order valence-corrected chi connectivity index (χ4v) is 3.20. The number of carboxylic acid groups (broad SMARTS) is 1. The summed E-state index contributed by atoms with van der Waals surface area (Å²) in [6.45, 7) is 0.606. The van der Waals surface area contributed by atoms with Crippen LogP contribution in [0.3, 0.4) is 0 Å². The first-order valence-electron chi connectivity index (χ1n) is 6.23. The van der Waals surface area contributed by atoms with Crippen molar-refractivity contribution in [2.24, 2.45) is 5.92 Å². The molecule has 1 spiro atoms. The van der Waals surface area contributed by atoms with E-state index in [2.05, 4.69) is 5.32 Å². The summed E-state index contributed by atoms with van der Waals surface area (Å²) in [6, 6.07) is -0.770. The van der Waals surface area contributed by atoms with Gasteiger partial charge in [-0.15, -0.1) is 0 Å². The Labute approximate surface area is 101 Å². The number of aliphatic carboxylic acids is 1. The highest BCUT2D eigenvalue weighted by atomic mass is 16.5. The van der Waals surface area contributed by atoms with Crippen molar-refractivity contribution in [1.82, 2.24) is 5.32 Å². The summed E-state index contributed by atoms with van der Waals surface area (Å²) < 4.78 is 5.86. The van der Waals surface area contributed by atoms with E-state index in [-0.39, 0.29) is 11.5 Å². The first-order valence-corrected chi connectivity index (χ1v) is 6.23. The van der Waals surface area contributed by atoms with Gasteiger partial charge in [-0.2, -0.15) is 0 Å². The quantitative estimate of drug-likeness (QED) is 0.718. The number of carbonyl (C=O) groups excluding carboxylic acids is 1. The molecule has 0 radical (unpaired) electrons. The van der Waals surface area contributed by atoms with Gasteiger partial charge in [-0.25, -0.2) is 4.79 Å². The van der Waals surface area contributed by atoms with Gasteiger partial charge in [0, 0.05) is 6.61 Å². The molecule has 1 heterocycles. The normalized spacial score (nSPS) is 28.8. The molecule has 2 atom stereocenters. The van der Waals surface area contributed by atoms with Crippen LogP contribution in [0.5, 0.6) is 0 Å². The summed E-state index contributed by atoms with van der Waals surface area (Å²) in [4.78, 5) is 21.6. The number of hydrogen-bond acceptors (Lipinski definition) is 3. The van der Waals surface area contributed by atoms with Gasteiger partial charge in [0.15, 0.2) is 0 Å². The minimum Gasteiger partial charge on any atom is -0.480 e. The summed E-state index contributed by atoms with van der Waals surface area (Å²) >= 11 is 0. The molecule has 2 fully saturated rings. The largest absolute Gasteiger partial charge is 0.480 e. The molecule has 1 saturated carbocycles. The highest BCUT2D eigenvalue weighted by Crippen LogP contribution is 2.42. The Hall–Kier alpha value is -1.10. The summed E-state index contributed by atoms with van der Waals surface area (Å²) in [7, 11) is 0. The van der Waals surface area contributed by atoms with E-state index in [9.17, 15) is 9.59 Å². The molecule has 0 aromatic heterocycles. The van der Waals surface area contributed by atoms with Crippen LogP contribution in [0.4, 0.5) is 0 Å². The topological polar surface area (TPSA) is 75.6 Å². The Morgan fingerprint density at radius 1 is 1.47 bits per heavy atom. The van der Waals surface area contributed by atoms with Crippen LogP contribution in [0.1, 0.15) is 38.5 Å². The molecule has 1 saturated heterocycles. The van der Waals surface area contributed by atoms with Crippen molar-refractivity contribution in [3.05, 3.63) is 0 Å². The molecule has 2 aliphatic rings. The van der Waals surface area contributed by atoms with Crippen molar-refractivity contribution in [2.75, 3.05) is 6.61 Å². The maximum Gasteiger partial charge on any atom is 0.326 e. The van der Waals surface area contributed by atoms with Crippen molar-refractivity contribution in [3.63, 3.8) is 0 Å². The number of hydrogen-bond donors (Lipinski definition) is 2. The van der Waals surface area contributed by atoms with E-state index in [0.29, 0.717) is 19.4 Å². The van der Waals surface area contributed by atoms with Gasteiger partial charge >= 0.3 is 5.97 Å². The molecular formula is C12H19NO4. The van der Waals surface area contributed by atoms with E-state index < -0.39 is 12.0 Å². The average Bonchev–Trinajstić information content (AvgIpc) is 2.73. The fraction of sp³-hybridized carbons (Fsp3) is 0.833. The number of carboxylic acids is 1. The molecule has 1 amide bonds. The molecule has 0 aromatic carbocycles. The highest BCUT2D eigenvalue weighted by molar-refractivity contribution is 5.76. The van der Waals surface area contributed by atoms with E-state index in [0.717, 1.165) is 32.1 Å². The molecular weight excluding hydrogens is 222 g/mol. The van der Waals surface area contributed by atoms with Crippen molar-refractivity contribution in [1.29, 1.82) is 0 Å². The standard InChI is InChI=1S/C12H19NO4/c14-8-13-10(11(15)16)9-3-6-17-12(7-9)4-1-2-5-12/h8-10H,1-7H2,(H,13,14)(H,15,16). The van der Waals surface area contributed by atoms with Gasteiger partial charge in [-0.05, 0) is 31.6 Å². The fourth-order valence-electron chi connectivity index (χ4n) is 3.20. The van der Waals surface area contributed by atoms with Crippen molar-refractivity contribution < 1.29 is 19.4 Å². The summed E-state index contributed by atoms with van der Waals surface area (Å²) in [5.74, 6) is -0.957. The molecule has 0 bridgehead atoms. The zero-order chi connectivity index (χ0) is 12.3. The Morgan fingerprint density at radius 2 is 2.18 bits per heavy atom. The summed E-state index contributed by atoms with van der Waals surface area (Å²) in [6.07, 6.45) is 6.31. The van der Waals surface area contributed by atoms with E-state index >= 15 is 0 Å². The van der Waals surface area contributed by atoms with Crippen molar-refractivity contribution >= 4 is 12.4 Å². The van der Waals surface area contributed by atoms with Crippen LogP contribution >= 0.6 is 0 Å².